The number of carbonyl (C=O) groups excluding carboxylic acids is 1. The monoisotopic (exact) mass is 495 g/mol. The molecule has 0 atom stereocenters. The number of halogens is 1. The zero-order chi connectivity index (χ0) is 24.1. The van der Waals surface area contributed by atoms with E-state index < -0.39 is 15.9 Å². The number of carbonyl (C=O) groups is 1. The molecule has 3 aromatic carbocycles. The molecule has 0 saturated carbocycles. The van der Waals surface area contributed by atoms with Crippen molar-refractivity contribution in [3.63, 3.8) is 0 Å². The largest absolute Gasteiger partial charge is 0.359 e. The topological polar surface area (TPSA) is 92.5 Å². The summed E-state index contributed by atoms with van der Waals surface area (Å²) >= 11 is 6.25. The minimum Gasteiger partial charge on any atom is -0.359 e. The lowest BCUT2D eigenvalue weighted by Crippen LogP contribution is -2.31. The molecule has 0 saturated heterocycles. The molecule has 7 nitrogen and oxygen atoms in total. The first-order chi connectivity index (χ1) is 16.3. The van der Waals surface area contributed by atoms with Gasteiger partial charge in [0.15, 0.2) is 5.76 Å². The van der Waals surface area contributed by atoms with E-state index >= 15 is 0 Å². The van der Waals surface area contributed by atoms with Crippen LogP contribution in [0.25, 0.3) is 0 Å². The molecule has 4 rings (SSSR count). The van der Waals surface area contributed by atoms with Crippen LogP contribution in [0.1, 0.15) is 27.4 Å². The molecule has 174 valence electrons. The van der Waals surface area contributed by atoms with Crippen LogP contribution >= 0.6 is 11.6 Å². The van der Waals surface area contributed by atoms with Crippen molar-refractivity contribution in [2.24, 2.45) is 0 Å². The first-order valence-electron chi connectivity index (χ1n) is 10.5. The van der Waals surface area contributed by atoms with Gasteiger partial charge in [-0.3, -0.25) is 9.10 Å². The standard InChI is InChI=1S/C25H22ClN3O4S/c1-18-14-21(33-28-18)16-27-25(30)23-15-22(12-13-24(23)26)34(31,32)29(20-10-6-3-7-11-20)17-19-8-4-2-5-9-19/h2-15H,16-17H2,1H3,(H,27,30). The summed E-state index contributed by atoms with van der Waals surface area (Å²) in [6.45, 7) is 1.99. The van der Waals surface area contributed by atoms with Gasteiger partial charge in [0.25, 0.3) is 15.9 Å². The molecule has 0 fully saturated rings. The van der Waals surface area contributed by atoms with Gasteiger partial charge in [-0.2, -0.15) is 0 Å². The number of benzene rings is 3. The van der Waals surface area contributed by atoms with Crippen LogP contribution in [0.3, 0.4) is 0 Å². The fraction of sp³-hybridized carbons (Fsp3) is 0.120. The van der Waals surface area contributed by atoms with Crippen molar-refractivity contribution in [1.82, 2.24) is 10.5 Å². The van der Waals surface area contributed by atoms with Crippen LogP contribution in [0, 0.1) is 6.92 Å². The summed E-state index contributed by atoms with van der Waals surface area (Å²) in [5, 5.41) is 6.60. The van der Waals surface area contributed by atoms with E-state index in [1.165, 1.54) is 22.5 Å². The number of aryl methyl sites for hydroxylation is 1. The molecule has 1 aromatic heterocycles. The first-order valence-corrected chi connectivity index (χ1v) is 12.3. The van der Waals surface area contributed by atoms with Crippen LogP contribution in [0.4, 0.5) is 5.69 Å². The highest BCUT2D eigenvalue weighted by Crippen LogP contribution is 2.28. The average Bonchev–Trinajstić information content (AvgIpc) is 3.27. The maximum absolute atomic E-state index is 13.7. The minimum absolute atomic E-state index is 0.0441. The van der Waals surface area contributed by atoms with E-state index in [4.69, 9.17) is 16.1 Å². The van der Waals surface area contributed by atoms with Crippen molar-refractivity contribution < 1.29 is 17.7 Å². The highest BCUT2D eigenvalue weighted by atomic mass is 35.5. The van der Waals surface area contributed by atoms with E-state index in [2.05, 4.69) is 10.5 Å². The highest BCUT2D eigenvalue weighted by molar-refractivity contribution is 7.92. The Kier molecular flexibility index (Phi) is 7.00. The lowest BCUT2D eigenvalue weighted by atomic mass is 10.2. The second-order valence-corrected chi connectivity index (χ2v) is 9.86. The van der Waals surface area contributed by atoms with Gasteiger partial charge in [-0.15, -0.1) is 0 Å². The van der Waals surface area contributed by atoms with Crippen molar-refractivity contribution in [3.05, 3.63) is 113 Å². The lowest BCUT2D eigenvalue weighted by Gasteiger charge is -2.25. The van der Waals surface area contributed by atoms with E-state index in [1.807, 2.05) is 36.4 Å². The summed E-state index contributed by atoms with van der Waals surface area (Å²) in [6, 6.07) is 23.9. The number of nitrogens with one attached hydrogen (secondary N) is 1. The molecule has 1 heterocycles. The van der Waals surface area contributed by atoms with Gasteiger partial charge in [-0.05, 0) is 42.8 Å². The Morgan fingerprint density at radius 1 is 1.00 bits per heavy atom. The molecule has 9 heteroatoms. The summed E-state index contributed by atoms with van der Waals surface area (Å²) in [4.78, 5) is 12.7. The number of para-hydroxylation sites is 1. The smallest absolute Gasteiger partial charge is 0.264 e. The number of nitrogens with zero attached hydrogens (tertiary/aromatic N) is 2. The number of hydrogen-bond donors (Lipinski definition) is 1. The molecule has 0 unspecified atom stereocenters. The SMILES string of the molecule is Cc1cc(CNC(=O)c2cc(S(=O)(=O)N(Cc3ccccc3)c3ccccc3)ccc2Cl)on1. The maximum atomic E-state index is 13.7. The van der Waals surface area contributed by atoms with E-state index in [1.54, 1.807) is 37.3 Å². The predicted molar refractivity (Wildman–Crippen MR) is 130 cm³/mol. The molecule has 4 aromatic rings. The number of hydrogen-bond acceptors (Lipinski definition) is 5. The van der Waals surface area contributed by atoms with Crippen LogP contribution in [-0.4, -0.2) is 19.5 Å². The summed E-state index contributed by atoms with van der Waals surface area (Å²) in [6.07, 6.45) is 0. The molecule has 34 heavy (non-hydrogen) atoms. The predicted octanol–water partition coefficient (Wildman–Crippen LogP) is 4.96. The Labute approximate surface area is 203 Å². The van der Waals surface area contributed by atoms with Crippen molar-refractivity contribution in [2.45, 2.75) is 24.9 Å². The van der Waals surface area contributed by atoms with Gasteiger partial charge in [-0.1, -0.05) is 65.3 Å². The summed E-state index contributed by atoms with van der Waals surface area (Å²) < 4.78 is 33.9. The Morgan fingerprint density at radius 3 is 2.32 bits per heavy atom. The second-order valence-electron chi connectivity index (χ2n) is 7.59. The maximum Gasteiger partial charge on any atom is 0.264 e. The van der Waals surface area contributed by atoms with Crippen LogP contribution in [0.5, 0.6) is 0 Å². The normalized spacial score (nSPS) is 11.2. The van der Waals surface area contributed by atoms with Crippen molar-refractivity contribution in [2.75, 3.05) is 4.31 Å². The van der Waals surface area contributed by atoms with Crippen LogP contribution in [0.2, 0.25) is 5.02 Å². The van der Waals surface area contributed by atoms with Gasteiger partial charge in [-0.25, -0.2) is 8.42 Å². The van der Waals surface area contributed by atoms with Gasteiger partial charge < -0.3 is 9.84 Å². The van der Waals surface area contributed by atoms with Gasteiger partial charge in [0.05, 0.1) is 40.0 Å². The summed E-state index contributed by atoms with van der Waals surface area (Å²) in [5.41, 5.74) is 2.07. The van der Waals surface area contributed by atoms with E-state index in [9.17, 15) is 13.2 Å². The molecule has 0 aliphatic heterocycles. The molecule has 1 N–H and O–H groups in total. The van der Waals surface area contributed by atoms with Gasteiger partial charge >= 0.3 is 0 Å². The average molecular weight is 496 g/mol. The van der Waals surface area contributed by atoms with Gasteiger partial charge in [0.2, 0.25) is 0 Å². The highest BCUT2D eigenvalue weighted by Gasteiger charge is 2.27. The fourth-order valence-corrected chi connectivity index (χ4v) is 5.07. The summed E-state index contributed by atoms with van der Waals surface area (Å²) in [7, 11) is -4.02. The third-order valence-electron chi connectivity index (χ3n) is 5.08. The number of sulfonamides is 1. The van der Waals surface area contributed by atoms with Crippen molar-refractivity contribution in [3.8, 4) is 0 Å². The molecule has 0 bridgehead atoms. The molecule has 0 aliphatic rings. The van der Waals surface area contributed by atoms with Gasteiger partial charge in [0, 0.05) is 6.07 Å². The van der Waals surface area contributed by atoms with Crippen molar-refractivity contribution in [1.29, 1.82) is 0 Å². The Bertz CT molecular complexity index is 1390. The number of anilines is 1. The molecule has 0 radical (unpaired) electrons. The van der Waals surface area contributed by atoms with E-state index in [-0.39, 0.29) is 28.6 Å². The fourth-order valence-electron chi connectivity index (χ4n) is 3.39. The molecule has 0 spiro atoms. The first kappa shape index (κ1) is 23.5. The molecule has 1 amide bonds. The third kappa shape index (κ3) is 5.30. The summed E-state index contributed by atoms with van der Waals surface area (Å²) in [5.74, 6) is -0.0470. The third-order valence-corrected chi connectivity index (χ3v) is 7.18. The number of amides is 1. The molecular formula is C25H22ClN3O4S. The minimum atomic E-state index is -4.02. The van der Waals surface area contributed by atoms with Crippen molar-refractivity contribution >= 4 is 33.2 Å². The number of aromatic nitrogens is 1. The van der Waals surface area contributed by atoms with E-state index in [0.717, 1.165) is 5.56 Å². The quantitative estimate of drug-likeness (QED) is 0.373. The molecular weight excluding hydrogens is 474 g/mol. The number of rotatable bonds is 8. The van der Waals surface area contributed by atoms with Crippen LogP contribution in [-0.2, 0) is 23.1 Å². The zero-order valence-corrected chi connectivity index (χ0v) is 19.9. The zero-order valence-electron chi connectivity index (χ0n) is 18.3. The lowest BCUT2D eigenvalue weighted by molar-refractivity contribution is 0.0947. The second kappa shape index (κ2) is 10.1. The van der Waals surface area contributed by atoms with Gasteiger partial charge in [0.1, 0.15) is 0 Å². The molecule has 0 aliphatic carbocycles. The van der Waals surface area contributed by atoms with Crippen LogP contribution < -0.4 is 9.62 Å². The Hall–Kier alpha value is -3.62. The Morgan fingerprint density at radius 2 is 1.68 bits per heavy atom. The Balaban J connectivity index is 1.66. The van der Waals surface area contributed by atoms with E-state index in [0.29, 0.717) is 17.1 Å². The van der Waals surface area contributed by atoms with Crippen LogP contribution in [0.15, 0.2) is 94.3 Å².